The van der Waals surface area contributed by atoms with Crippen molar-refractivity contribution in [1.82, 2.24) is 0 Å². The van der Waals surface area contributed by atoms with Crippen LogP contribution >= 0.6 is 0 Å². The van der Waals surface area contributed by atoms with Gasteiger partial charge in [-0.15, -0.1) is 0 Å². The second kappa shape index (κ2) is 4.73. The Hall–Kier alpha value is -1.95. The summed E-state index contributed by atoms with van der Waals surface area (Å²) in [6.07, 6.45) is 2.96. The number of anilines is 1. The van der Waals surface area contributed by atoms with Crippen molar-refractivity contribution >= 4 is 17.7 Å². The summed E-state index contributed by atoms with van der Waals surface area (Å²) in [5.41, 5.74) is -0.319. The molecule has 0 unspecified atom stereocenters. The molecule has 1 aromatic carbocycles. The van der Waals surface area contributed by atoms with E-state index in [0.717, 1.165) is 6.42 Å². The van der Waals surface area contributed by atoms with Crippen molar-refractivity contribution in [2.24, 2.45) is 0 Å². The van der Waals surface area contributed by atoms with Crippen LogP contribution in [-0.2, 0) is 0 Å². The Bertz CT molecular complexity index is 483. The molecule has 0 saturated heterocycles. The maximum absolute atomic E-state index is 10.9. The van der Waals surface area contributed by atoms with E-state index in [1.54, 1.807) is 0 Å². The van der Waals surface area contributed by atoms with Crippen LogP contribution in [-0.4, -0.2) is 28.5 Å². The van der Waals surface area contributed by atoms with Crippen LogP contribution < -0.4 is 5.32 Å². The zero-order chi connectivity index (χ0) is 13.2. The van der Waals surface area contributed by atoms with Crippen LogP contribution in [0.2, 0.25) is 0 Å². The maximum Gasteiger partial charge on any atom is 0.293 e. The summed E-state index contributed by atoms with van der Waals surface area (Å²) in [6.45, 7) is 0.286. The van der Waals surface area contributed by atoms with Gasteiger partial charge in [0, 0.05) is 18.2 Å². The molecule has 96 valence electrons. The number of nitrogens with one attached hydrogen (secondary N) is 1. The molecule has 1 aliphatic rings. The molecule has 18 heavy (non-hydrogen) atoms. The van der Waals surface area contributed by atoms with Gasteiger partial charge in [-0.25, -0.2) is 0 Å². The molecule has 1 aliphatic carbocycles. The third-order valence-corrected chi connectivity index (χ3v) is 3.25. The standard InChI is InChI=1S/C12H14N2O4/c15-7-9-2-3-10(11(6-9)14(17)18)13-8-12(16)4-1-5-12/h2-3,6-7,13,16H,1,4-5,8H2. The van der Waals surface area contributed by atoms with Gasteiger partial charge in [-0.2, -0.15) is 0 Å². The third-order valence-electron chi connectivity index (χ3n) is 3.25. The molecule has 0 bridgehead atoms. The lowest BCUT2D eigenvalue weighted by atomic mass is 9.80. The van der Waals surface area contributed by atoms with Gasteiger partial charge in [-0.05, 0) is 31.4 Å². The minimum absolute atomic E-state index is 0.150. The molecule has 1 fully saturated rings. The smallest absolute Gasteiger partial charge is 0.293 e. The Morgan fingerprint density at radius 1 is 1.50 bits per heavy atom. The number of nitro benzene ring substituents is 1. The normalized spacial score (nSPS) is 16.7. The Balaban J connectivity index is 2.16. The summed E-state index contributed by atoms with van der Waals surface area (Å²) >= 11 is 0. The molecule has 6 nitrogen and oxygen atoms in total. The largest absolute Gasteiger partial charge is 0.388 e. The first-order valence-corrected chi connectivity index (χ1v) is 5.74. The van der Waals surface area contributed by atoms with Gasteiger partial charge in [-0.3, -0.25) is 14.9 Å². The van der Waals surface area contributed by atoms with Crippen molar-refractivity contribution in [3.05, 3.63) is 33.9 Å². The average molecular weight is 250 g/mol. The minimum Gasteiger partial charge on any atom is -0.388 e. The first-order chi connectivity index (χ1) is 8.54. The number of rotatable bonds is 5. The molecule has 1 aromatic rings. The first kappa shape index (κ1) is 12.5. The van der Waals surface area contributed by atoms with Crippen molar-refractivity contribution in [2.45, 2.75) is 24.9 Å². The molecule has 0 radical (unpaired) electrons. The summed E-state index contributed by atoms with van der Waals surface area (Å²) in [5, 5.41) is 23.7. The van der Waals surface area contributed by atoms with Gasteiger partial charge in [0.15, 0.2) is 0 Å². The number of carbonyl (C=O) groups is 1. The van der Waals surface area contributed by atoms with Crippen LogP contribution in [0.1, 0.15) is 29.6 Å². The van der Waals surface area contributed by atoms with E-state index in [0.29, 0.717) is 24.8 Å². The topological polar surface area (TPSA) is 92.5 Å². The van der Waals surface area contributed by atoms with E-state index in [9.17, 15) is 20.0 Å². The predicted octanol–water partition coefficient (Wildman–Crippen LogP) is 1.73. The number of nitrogens with zero attached hydrogens (tertiary/aromatic N) is 1. The predicted molar refractivity (Wildman–Crippen MR) is 65.8 cm³/mol. The highest BCUT2D eigenvalue weighted by molar-refractivity contribution is 5.79. The molecule has 0 heterocycles. The van der Waals surface area contributed by atoms with Crippen LogP contribution in [0.25, 0.3) is 0 Å². The minimum atomic E-state index is -0.753. The van der Waals surface area contributed by atoms with E-state index < -0.39 is 10.5 Å². The van der Waals surface area contributed by atoms with Gasteiger partial charge in [-0.1, -0.05) is 0 Å². The van der Waals surface area contributed by atoms with E-state index in [4.69, 9.17) is 0 Å². The Kier molecular flexibility index (Phi) is 3.29. The molecule has 6 heteroatoms. The van der Waals surface area contributed by atoms with E-state index in [1.165, 1.54) is 18.2 Å². The van der Waals surface area contributed by atoms with Crippen molar-refractivity contribution in [1.29, 1.82) is 0 Å². The van der Waals surface area contributed by atoms with Crippen LogP contribution in [0.5, 0.6) is 0 Å². The molecule has 1 saturated carbocycles. The van der Waals surface area contributed by atoms with Gasteiger partial charge < -0.3 is 10.4 Å². The lowest BCUT2D eigenvalue weighted by Crippen LogP contribution is -2.43. The first-order valence-electron chi connectivity index (χ1n) is 5.74. The lowest BCUT2D eigenvalue weighted by molar-refractivity contribution is -0.384. The van der Waals surface area contributed by atoms with Crippen LogP contribution in [0, 0.1) is 10.1 Å². The number of hydrogen-bond donors (Lipinski definition) is 2. The summed E-state index contributed by atoms with van der Waals surface area (Å²) in [4.78, 5) is 20.9. The molecule has 0 aromatic heterocycles. The van der Waals surface area contributed by atoms with E-state index in [2.05, 4.69) is 5.32 Å². The molecule has 0 spiro atoms. The second-order valence-corrected chi connectivity index (χ2v) is 4.58. The zero-order valence-electron chi connectivity index (χ0n) is 9.76. The molecular weight excluding hydrogens is 236 g/mol. The van der Waals surface area contributed by atoms with E-state index in [1.807, 2.05) is 0 Å². The zero-order valence-corrected chi connectivity index (χ0v) is 9.76. The summed E-state index contributed by atoms with van der Waals surface area (Å²) in [6, 6.07) is 4.22. The summed E-state index contributed by atoms with van der Waals surface area (Å²) in [5.74, 6) is 0. The number of aldehydes is 1. The van der Waals surface area contributed by atoms with Crippen molar-refractivity contribution < 1.29 is 14.8 Å². The second-order valence-electron chi connectivity index (χ2n) is 4.58. The fourth-order valence-electron chi connectivity index (χ4n) is 1.94. The summed E-state index contributed by atoms with van der Waals surface area (Å²) in [7, 11) is 0. The van der Waals surface area contributed by atoms with Gasteiger partial charge in [0.25, 0.3) is 5.69 Å². The maximum atomic E-state index is 10.9. The van der Waals surface area contributed by atoms with Crippen LogP contribution in [0.3, 0.4) is 0 Å². The van der Waals surface area contributed by atoms with Crippen molar-refractivity contribution in [3.8, 4) is 0 Å². The third kappa shape index (κ3) is 2.48. The Morgan fingerprint density at radius 3 is 2.72 bits per heavy atom. The van der Waals surface area contributed by atoms with Crippen molar-refractivity contribution in [3.63, 3.8) is 0 Å². The van der Waals surface area contributed by atoms with Gasteiger partial charge in [0.1, 0.15) is 12.0 Å². The van der Waals surface area contributed by atoms with E-state index in [-0.39, 0.29) is 17.8 Å². The highest BCUT2D eigenvalue weighted by Gasteiger charge is 2.34. The molecule has 2 rings (SSSR count). The average Bonchev–Trinajstić information content (AvgIpc) is 2.33. The quantitative estimate of drug-likeness (QED) is 0.471. The SMILES string of the molecule is O=Cc1ccc(NCC2(O)CCC2)c([N+](=O)[O-])c1. The molecule has 2 N–H and O–H groups in total. The Morgan fingerprint density at radius 2 is 2.22 bits per heavy atom. The lowest BCUT2D eigenvalue weighted by Gasteiger charge is -2.36. The van der Waals surface area contributed by atoms with Gasteiger partial charge >= 0.3 is 0 Å². The number of hydrogen-bond acceptors (Lipinski definition) is 5. The number of nitro groups is 1. The molecule has 0 atom stereocenters. The van der Waals surface area contributed by atoms with Crippen LogP contribution in [0.4, 0.5) is 11.4 Å². The van der Waals surface area contributed by atoms with Gasteiger partial charge in [0.2, 0.25) is 0 Å². The van der Waals surface area contributed by atoms with E-state index >= 15 is 0 Å². The molecular formula is C12H14N2O4. The fourth-order valence-corrected chi connectivity index (χ4v) is 1.94. The van der Waals surface area contributed by atoms with Crippen molar-refractivity contribution in [2.75, 3.05) is 11.9 Å². The monoisotopic (exact) mass is 250 g/mol. The Labute approximate surface area is 104 Å². The van der Waals surface area contributed by atoms with Gasteiger partial charge in [0.05, 0.1) is 10.5 Å². The highest BCUT2D eigenvalue weighted by Crippen LogP contribution is 2.33. The number of carbonyl (C=O) groups excluding carboxylic acids is 1. The summed E-state index contributed by atoms with van der Waals surface area (Å²) < 4.78 is 0. The highest BCUT2D eigenvalue weighted by atomic mass is 16.6. The number of benzene rings is 1. The molecule has 0 aliphatic heterocycles. The molecule has 0 amide bonds. The fraction of sp³-hybridized carbons (Fsp3) is 0.417. The van der Waals surface area contributed by atoms with Crippen LogP contribution in [0.15, 0.2) is 18.2 Å². The number of aliphatic hydroxyl groups is 1.